The number of nitriles is 1. The lowest BCUT2D eigenvalue weighted by molar-refractivity contribution is -0.163. The van der Waals surface area contributed by atoms with E-state index >= 15 is 0 Å². The Hall–Kier alpha value is -5.11. The fraction of sp³-hybridized carbons (Fsp3) is 0.433. The minimum absolute atomic E-state index is 0.0180. The Morgan fingerprint density at radius 3 is 2.52 bits per heavy atom. The van der Waals surface area contributed by atoms with Crippen molar-refractivity contribution in [1.82, 2.24) is 14.6 Å². The molecule has 2 aromatic heterocycles. The van der Waals surface area contributed by atoms with Crippen LogP contribution in [0, 0.1) is 16.7 Å². The summed E-state index contributed by atoms with van der Waals surface area (Å²) < 4.78 is 27.7. The molecule has 16 heteroatoms. The highest BCUT2D eigenvalue weighted by molar-refractivity contribution is 5.88. The summed E-state index contributed by atoms with van der Waals surface area (Å²) in [6.45, 7) is 5.22. The predicted octanol–water partition coefficient (Wildman–Crippen LogP) is 1.35. The van der Waals surface area contributed by atoms with Gasteiger partial charge in [-0.2, -0.15) is 10.4 Å². The number of nitrogens with zero attached hydrogens (tertiary/aromatic N) is 4. The van der Waals surface area contributed by atoms with Gasteiger partial charge in [0.05, 0.1) is 12.1 Å². The Balaban J connectivity index is 1.63. The molecule has 46 heavy (non-hydrogen) atoms. The fourth-order valence-electron chi connectivity index (χ4n) is 4.60. The summed E-state index contributed by atoms with van der Waals surface area (Å²) in [4.78, 5) is 52.9. The number of aliphatic hydroxyl groups excluding tert-OH is 1. The van der Waals surface area contributed by atoms with Gasteiger partial charge in [0.15, 0.2) is 11.9 Å². The zero-order valence-corrected chi connectivity index (χ0v) is 25.5. The van der Waals surface area contributed by atoms with Crippen LogP contribution >= 0.6 is 0 Å². The second-order valence-electron chi connectivity index (χ2n) is 11.5. The lowest BCUT2D eigenvalue weighted by Crippen LogP contribution is -2.49. The summed E-state index contributed by atoms with van der Waals surface area (Å²) in [7, 11) is 0. The molecule has 1 aromatic carbocycles. The summed E-state index contributed by atoms with van der Waals surface area (Å²) >= 11 is 0. The number of aromatic nitrogens is 3. The van der Waals surface area contributed by atoms with Crippen molar-refractivity contribution >= 4 is 35.3 Å². The van der Waals surface area contributed by atoms with E-state index in [0.717, 1.165) is 13.3 Å². The zero-order valence-electron chi connectivity index (χ0n) is 25.5. The molecule has 4 N–H and O–H groups in total. The van der Waals surface area contributed by atoms with Crippen molar-refractivity contribution in [2.24, 2.45) is 11.1 Å². The van der Waals surface area contributed by atoms with Crippen LogP contribution in [0.1, 0.15) is 39.0 Å². The second kappa shape index (κ2) is 13.9. The van der Waals surface area contributed by atoms with Crippen LogP contribution in [0.5, 0.6) is 0 Å². The minimum atomic E-state index is -2.21. The van der Waals surface area contributed by atoms with E-state index in [0.29, 0.717) is 5.56 Å². The van der Waals surface area contributed by atoms with Gasteiger partial charge >= 0.3 is 24.0 Å². The van der Waals surface area contributed by atoms with Crippen LogP contribution in [0.3, 0.4) is 0 Å². The van der Waals surface area contributed by atoms with Crippen LogP contribution in [-0.4, -0.2) is 81.5 Å². The average molecular weight is 639 g/mol. The first-order valence-corrected chi connectivity index (χ1v) is 14.1. The summed E-state index contributed by atoms with van der Waals surface area (Å²) in [6.07, 6.45) is -4.61. The Kier molecular flexibility index (Phi) is 10.2. The molecule has 0 bridgehead atoms. The van der Waals surface area contributed by atoms with E-state index in [2.05, 4.69) is 20.1 Å². The number of carbonyl (C=O) groups is 4. The average Bonchev–Trinajstić information content (AvgIpc) is 3.55. The number of hydrogen-bond acceptors (Lipinski definition) is 14. The van der Waals surface area contributed by atoms with Gasteiger partial charge in [0.25, 0.3) is 0 Å². The summed E-state index contributed by atoms with van der Waals surface area (Å²) in [5, 5.41) is 28.6. The molecule has 16 nitrogen and oxygen atoms in total. The number of aliphatic hydroxyl groups is 1. The molecular formula is C30H34N6O10. The van der Waals surface area contributed by atoms with Gasteiger partial charge in [-0.15, -0.1) is 0 Å². The molecule has 4 rings (SSSR count). The first-order valence-electron chi connectivity index (χ1n) is 14.1. The van der Waals surface area contributed by atoms with E-state index in [9.17, 15) is 29.5 Å². The SMILES string of the molecule is CC(=O)OCOC(=O)Nc1ncnn2c([C@]3(C#N)O[C@H](COC(=O)Cc4ccccc4)[C@@H](OC(=O)[C@@H](N)C(C)(C)C)[C@H]3O)ccc12. The molecular weight excluding hydrogens is 604 g/mol. The Bertz CT molecular complexity index is 1630. The number of nitrogens with two attached hydrogens (primary N) is 1. The first-order chi connectivity index (χ1) is 21.8. The maximum absolute atomic E-state index is 13.1. The number of anilines is 1. The van der Waals surface area contributed by atoms with Gasteiger partial charge in [-0.1, -0.05) is 51.1 Å². The van der Waals surface area contributed by atoms with E-state index in [1.807, 2.05) is 6.07 Å². The third kappa shape index (κ3) is 7.40. The van der Waals surface area contributed by atoms with Crippen LogP contribution in [0.15, 0.2) is 48.8 Å². The van der Waals surface area contributed by atoms with E-state index in [4.69, 9.17) is 24.7 Å². The van der Waals surface area contributed by atoms with Crippen molar-refractivity contribution in [3.05, 3.63) is 60.0 Å². The van der Waals surface area contributed by atoms with Crippen LogP contribution in [-0.2, 0) is 50.1 Å². The lowest BCUT2D eigenvalue weighted by atomic mass is 9.87. The maximum Gasteiger partial charge on any atom is 0.415 e. The topological polar surface area (TPSA) is 227 Å². The smallest absolute Gasteiger partial charge is 0.415 e. The molecule has 244 valence electrons. The van der Waals surface area contributed by atoms with Crippen LogP contribution < -0.4 is 11.1 Å². The number of ether oxygens (including phenoxy) is 5. The molecule has 3 heterocycles. The Labute approximate surface area is 263 Å². The molecule has 0 aliphatic carbocycles. The highest BCUT2D eigenvalue weighted by Gasteiger charge is 2.60. The van der Waals surface area contributed by atoms with Crippen molar-refractivity contribution in [3.8, 4) is 6.07 Å². The van der Waals surface area contributed by atoms with E-state index in [1.165, 1.54) is 16.6 Å². The molecule has 1 fully saturated rings. The number of esters is 3. The van der Waals surface area contributed by atoms with Gasteiger partial charge in [0.2, 0.25) is 12.4 Å². The van der Waals surface area contributed by atoms with Gasteiger partial charge in [-0.05, 0) is 23.1 Å². The maximum atomic E-state index is 13.1. The van der Waals surface area contributed by atoms with Crippen molar-refractivity contribution in [3.63, 3.8) is 0 Å². The van der Waals surface area contributed by atoms with Crippen LogP contribution in [0.25, 0.3) is 5.52 Å². The van der Waals surface area contributed by atoms with Crippen LogP contribution in [0.2, 0.25) is 0 Å². The highest BCUT2D eigenvalue weighted by Crippen LogP contribution is 2.42. The molecule has 1 amide bonds. The molecule has 1 aliphatic heterocycles. The molecule has 0 unspecified atom stereocenters. The molecule has 1 saturated heterocycles. The van der Waals surface area contributed by atoms with Gasteiger partial charge in [-0.25, -0.2) is 14.3 Å². The number of fused-ring (bicyclic) bond motifs is 1. The standard InChI is InChI=1S/C30H34N6O10/c1-17(37)43-16-44-28(41)35-26-19-10-11-21(36(19)34-15-33-26)30(14-31)25(39)23(45-27(40)24(32)29(2,3)4)20(46-30)13-42-22(38)12-18-8-6-5-7-9-18/h5-11,15,20,23-25,39H,12-13,16,32H2,1-4H3,(H,33,34,35,41)/t20-,23-,24-,25-,30+/m1/s1. The molecule has 0 spiro atoms. The predicted molar refractivity (Wildman–Crippen MR) is 156 cm³/mol. The van der Waals surface area contributed by atoms with E-state index in [1.54, 1.807) is 51.1 Å². The van der Waals surface area contributed by atoms with Gasteiger partial charge in [0.1, 0.15) is 42.8 Å². The fourth-order valence-corrected chi connectivity index (χ4v) is 4.60. The van der Waals surface area contributed by atoms with Crippen molar-refractivity contribution in [2.45, 2.75) is 64.1 Å². The van der Waals surface area contributed by atoms with Gasteiger partial charge in [0, 0.05) is 6.92 Å². The van der Waals surface area contributed by atoms with Crippen molar-refractivity contribution in [2.75, 3.05) is 18.7 Å². The van der Waals surface area contributed by atoms with Crippen molar-refractivity contribution < 1.29 is 48.0 Å². The van der Waals surface area contributed by atoms with E-state index in [-0.39, 0.29) is 23.4 Å². The Morgan fingerprint density at radius 2 is 1.87 bits per heavy atom. The molecule has 1 aliphatic rings. The third-order valence-corrected chi connectivity index (χ3v) is 7.14. The normalized spacial score (nSPS) is 21.5. The minimum Gasteiger partial charge on any atom is -0.463 e. The largest absolute Gasteiger partial charge is 0.463 e. The van der Waals surface area contributed by atoms with Crippen LogP contribution in [0.4, 0.5) is 10.6 Å². The summed E-state index contributed by atoms with van der Waals surface area (Å²) in [5.41, 5.74) is 4.03. The number of rotatable bonds is 10. The van der Waals surface area contributed by atoms with Gasteiger partial charge < -0.3 is 34.5 Å². The van der Waals surface area contributed by atoms with E-state index < -0.39 is 72.8 Å². The number of amides is 1. The monoisotopic (exact) mass is 638 g/mol. The molecule has 0 saturated carbocycles. The number of benzene rings is 1. The summed E-state index contributed by atoms with van der Waals surface area (Å²) in [6, 6.07) is 12.5. The lowest BCUT2D eigenvalue weighted by Gasteiger charge is -2.29. The molecule has 0 radical (unpaired) electrons. The molecule has 3 aromatic rings. The Morgan fingerprint density at radius 1 is 1.15 bits per heavy atom. The zero-order chi connectivity index (χ0) is 33.6. The number of carbonyl (C=O) groups excluding carboxylic acids is 4. The quantitative estimate of drug-likeness (QED) is 0.162. The van der Waals surface area contributed by atoms with Crippen molar-refractivity contribution in [1.29, 1.82) is 5.26 Å². The molecule has 5 atom stereocenters. The second-order valence-corrected chi connectivity index (χ2v) is 11.5. The van der Waals surface area contributed by atoms with Gasteiger partial charge in [-0.3, -0.25) is 19.7 Å². The first kappa shape index (κ1) is 33.8. The highest BCUT2D eigenvalue weighted by atomic mass is 16.7. The number of hydrogen-bond donors (Lipinski definition) is 3. The summed E-state index contributed by atoms with van der Waals surface area (Å²) in [5.74, 6) is -2.19. The third-order valence-electron chi connectivity index (χ3n) is 7.14. The number of nitrogens with one attached hydrogen (secondary N) is 1.